The van der Waals surface area contributed by atoms with Crippen molar-refractivity contribution in [3.63, 3.8) is 0 Å². The number of carbonyl (C=O) groups is 1. The minimum atomic E-state index is -0.337. The topological polar surface area (TPSA) is 66.1 Å². The lowest BCUT2D eigenvalue weighted by atomic mass is 10.2. The Bertz CT molecular complexity index is 824. The predicted octanol–water partition coefficient (Wildman–Crippen LogP) is 2.62. The smallest absolute Gasteiger partial charge is 0.278 e. The maximum absolute atomic E-state index is 12.8. The van der Waals surface area contributed by atoms with Gasteiger partial charge < -0.3 is 9.88 Å². The fraction of sp³-hybridized carbons (Fsp3) is 0.0556. The van der Waals surface area contributed by atoms with Crippen molar-refractivity contribution in [2.24, 2.45) is 0 Å². The molecule has 0 saturated heterocycles. The van der Waals surface area contributed by atoms with Crippen molar-refractivity contribution in [2.75, 3.05) is 4.90 Å². The van der Waals surface area contributed by atoms with Gasteiger partial charge in [0.1, 0.15) is 5.69 Å². The molecular formula is C18H15N3O2. The highest BCUT2D eigenvalue weighted by atomic mass is 16.2. The average Bonchev–Trinajstić information content (AvgIpc) is 2.61. The summed E-state index contributed by atoms with van der Waals surface area (Å²) < 4.78 is 0. The summed E-state index contributed by atoms with van der Waals surface area (Å²) in [7, 11) is 0. The van der Waals surface area contributed by atoms with Crippen LogP contribution in [-0.4, -0.2) is 15.9 Å². The number of anilines is 1. The largest absolute Gasteiger partial charge is 0.325 e. The first-order chi connectivity index (χ1) is 11.2. The molecule has 0 spiro atoms. The SMILES string of the molecule is O=C(c1c[nH]c(=O)cn1)N(Cc1ccccc1)c1ccccc1. The molecule has 0 fully saturated rings. The number of aromatic amines is 1. The summed E-state index contributed by atoms with van der Waals surface area (Å²) in [5.41, 5.74) is 1.64. The predicted molar refractivity (Wildman–Crippen MR) is 88.3 cm³/mol. The van der Waals surface area contributed by atoms with Gasteiger partial charge in [-0.25, -0.2) is 4.98 Å². The zero-order valence-corrected chi connectivity index (χ0v) is 12.3. The fourth-order valence-electron chi connectivity index (χ4n) is 2.25. The van der Waals surface area contributed by atoms with E-state index in [1.807, 2.05) is 60.7 Å². The Morgan fingerprint density at radius 2 is 1.65 bits per heavy atom. The number of amides is 1. The van der Waals surface area contributed by atoms with Crippen molar-refractivity contribution in [1.82, 2.24) is 9.97 Å². The molecular weight excluding hydrogens is 290 g/mol. The standard InChI is InChI=1S/C18H15N3O2/c22-17-12-19-16(11-20-17)18(23)21(15-9-5-2-6-10-15)13-14-7-3-1-4-8-14/h1-12H,13H2,(H,20,22). The van der Waals surface area contributed by atoms with Crippen molar-refractivity contribution in [1.29, 1.82) is 0 Å². The molecule has 2 aromatic carbocycles. The number of hydrogen-bond acceptors (Lipinski definition) is 3. The molecule has 0 aliphatic heterocycles. The number of aromatic nitrogens is 2. The molecule has 0 bridgehead atoms. The van der Waals surface area contributed by atoms with Crippen LogP contribution in [-0.2, 0) is 6.54 Å². The van der Waals surface area contributed by atoms with Gasteiger partial charge in [0.15, 0.2) is 0 Å². The molecule has 1 N–H and O–H groups in total. The van der Waals surface area contributed by atoms with Crippen molar-refractivity contribution in [3.05, 3.63) is 94.7 Å². The second kappa shape index (κ2) is 6.70. The summed E-state index contributed by atoms with van der Waals surface area (Å²) in [6.07, 6.45) is 2.45. The zero-order chi connectivity index (χ0) is 16.1. The van der Waals surface area contributed by atoms with Gasteiger partial charge in [-0.3, -0.25) is 9.59 Å². The Morgan fingerprint density at radius 1 is 1.00 bits per heavy atom. The molecule has 1 heterocycles. The van der Waals surface area contributed by atoms with E-state index in [1.165, 1.54) is 6.20 Å². The molecule has 0 atom stereocenters. The summed E-state index contributed by atoms with van der Waals surface area (Å²) in [5.74, 6) is -0.267. The fourth-order valence-corrected chi connectivity index (χ4v) is 2.25. The van der Waals surface area contributed by atoms with Crippen LogP contribution in [0.2, 0.25) is 0 Å². The molecule has 23 heavy (non-hydrogen) atoms. The van der Waals surface area contributed by atoms with E-state index in [0.717, 1.165) is 17.4 Å². The van der Waals surface area contributed by atoms with Crippen LogP contribution in [0.15, 0.2) is 77.9 Å². The van der Waals surface area contributed by atoms with Crippen molar-refractivity contribution < 1.29 is 4.79 Å². The number of hydrogen-bond donors (Lipinski definition) is 1. The van der Waals surface area contributed by atoms with Crippen LogP contribution >= 0.6 is 0 Å². The summed E-state index contributed by atoms with van der Waals surface area (Å²) in [6.45, 7) is 0.421. The van der Waals surface area contributed by atoms with Crippen molar-refractivity contribution in [3.8, 4) is 0 Å². The minimum absolute atomic E-state index is 0.199. The Labute approximate surface area is 133 Å². The average molecular weight is 305 g/mol. The van der Waals surface area contributed by atoms with Crippen LogP contribution in [0.4, 0.5) is 5.69 Å². The number of para-hydroxylation sites is 1. The summed E-state index contributed by atoms with van der Waals surface area (Å²) in [6, 6.07) is 19.1. The van der Waals surface area contributed by atoms with E-state index in [2.05, 4.69) is 9.97 Å². The third-order valence-electron chi connectivity index (χ3n) is 3.39. The molecule has 3 rings (SSSR count). The highest BCUT2D eigenvalue weighted by molar-refractivity contribution is 6.04. The van der Waals surface area contributed by atoms with Gasteiger partial charge in [0.2, 0.25) is 0 Å². The molecule has 0 aliphatic rings. The van der Waals surface area contributed by atoms with Gasteiger partial charge in [0.25, 0.3) is 11.5 Å². The number of rotatable bonds is 4. The van der Waals surface area contributed by atoms with Gasteiger partial charge in [-0.2, -0.15) is 0 Å². The second-order valence-corrected chi connectivity index (χ2v) is 5.01. The Hall–Kier alpha value is -3.21. The highest BCUT2D eigenvalue weighted by Crippen LogP contribution is 2.19. The molecule has 0 saturated carbocycles. The van der Waals surface area contributed by atoms with E-state index < -0.39 is 0 Å². The third-order valence-corrected chi connectivity index (χ3v) is 3.39. The quantitative estimate of drug-likeness (QED) is 0.805. The number of carbonyl (C=O) groups excluding carboxylic acids is 1. The van der Waals surface area contributed by atoms with E-state index >= 15 is 0 Å². The normalized spacial score (nSPS) is 10.3. The van der Waals surface area contributed by atoms with Crippen LogP contribution in [0.3, 0.4) is 0 Å². The first kappa shape index (κ1) is 14.7. The van der Waals surface area contributed by atoms with E-state index in [-0.39, 0.29) is 17.2 Å². The van der Waals surface area contributed by atoms with E-state index in [0.29, 0.717) is 6.54 Å². The summed E-state index contributed by atoms with van der Waals surface area (Å²) in [5, 5.41) is 0. The molecule has 114 valence electrons. The lowest BCUT2D eigenvalue weighted by molar-refractivity contribution is 0.0980. The molecule has 0 unspecified atom stereocenters. The molecule has 5 heteroatoms. The summed E-state index contributed by atoms with van der Waals surface area (Å²) in [4.78, 5) is 32.0. The molecule has 0 aliphatic carbocycles. The Kier molecular flexibility index (Phi) is 4.29. The minimum Gasteiger partial charge on any atom is -0.325 e. The second-order valence-electron chi connectivity index (χ2n) is 5.01. The van der Waals surface area contributed by atoms with Gasteiger partial charge >= 0.3 is 0 Å². The third kappa shape index (κ3) is 3.52. The molecule has 5 nitrogen and oxygen atoms in total. The Balaban J connectivity index is 1.96. The molecule has 0 radical (unpaired) electrons. The number of H-pyrrole nitrogens is 1. The van der Waals surface area contributed by atoms with Gasteiger partial charge in [0, 0.05) is 11.9 Å². The van der Waals surface area contributed by atoms with Crippen molar-refractivity contribution >= 4 is 11.6 Å². The van der Waals surface area contributed by atoms with Gasteiger partial charge in [-0.1, -0.05) is 48.5 Å². The van der Waals surface area contributed by atoms with Gasteiger partial charge in [0.05, 0.1) is 12.7 Å². The number of benzene rings is 2. The Morgan fingerprint density at radius 3 is 2.26 bits per heavy atom. The maximum atomic E-state index is 12.8. The van der Waals surface area contributed by atoms with E-state index in [1.54, 1.807) is 4.90 Å². The maximum Gasteiger partial charge on any atom is 0.278 e. The summed E-state index contributed by atoms with van der Waals surface area (Å²) >= 11 is 0. The van der Waals surface area contributed by atoms with Crippen molar-refractivity contribution in [2.45, 2.75) is 6.54 Å². The first-order valence-corrected chi connectivity index (χ1v) is 7.19. The van der Waals surface area contributed by atoms with E-state index in [4.69, 9.17) is 0 Å². The highest BCUT2D eigenvalue weighted by Gasteiger charge is 2.19. The number of nitrogens with zero attached hydrogens (tertiary/aromatic N) is 2. The van der Waals surface area contributed by atoms with E-state index in [9.17, 15) is 9.59 Å². The van der Waals surface area contributed by atoms with Crippen LogP contribution in [0.5, 0.6) is 0 Å². The monoisotopic (exact) mass is 305 g/mol. The van der Waals surface area contributed by atoms with Crippen LogP contribution < -0.4 is 10.5 Å². The van der Waals surface area contributed by atoms with Gasteiger partial charge in [-0.15, -0.1) is 0 Å². The zero-order valence-electron chi connectivity index (χ0n) is 12.3. The molecule has 3 aromatic rings. The molecule has 1 amide bonds. The first-order valence-electron chi connectivity index (χ1n) is 7.19. The molecule has 1 aromatic heterocycles. The van der Waals surface area contributed by atoms with Gasteiger partial charge in [-0.05, 0) is 17.7 Å². The van der Waals surface area contributed by atoms with Crippen LogP contribution in [0.1, 0.15) is 16.1 Å². The van der Waals surface area contributed by atoms with Crippen LogP contribution in [0.25, 0.3) is 0 Å². The lowest BCUT2D eigenvalue weighted by Crippen LogP contribution is -2.31. The van der Waals surface area contributed by atoms with Crippen LogP contribution in [0, 0.1) is 0 Å². The lowest BCUT2D eigenvalue weighted by Gasteiger charge is -2.22. The number of nitrogens with one attached hydrogen (secondary N) is 1.